The first-order valence-electron chi connectivity index (χ1n) is 4.78. The van der Waals surface area contributed by atoms with Gasteiger partial charge in [-0.2, -0.15) is 0 Å². The zero-order valence-electron chi connectivity index (χ0n) is 8.88. The minimum Gasteiger partial charge on any atom is -0.308 e. The fourth-order valence-corrected chi connectivity index (χ4v) is 4.75. The lowest BCUT2D eigenvalue weighted by atomic mass is 10.2. The van der Waals surface area contributed by atoms with Crippen LogP contribution in [0.2, 0.25) is 5.02 Å². The van der Waals surface area contributed by atoms with Crippen LogP contribution in [-0.2, 0) is 0 Å². The summed E-state index contributed by atoms with van der Waals surface area (Å²) in [5, 5.41) is 8.38. The summed E-state index contributed by atoms with van der Waals surface area (Å²) in [6.45, 7) is 2.04. The van der Waals surface area contributed by atoms with E-state index in [1.807, 2.05) is 14.0 Å². The van der Waals surface area contributed by atoms with Crippen molar-refractivity contribution in [2.45, 2.75) is 13.0 Å². The third-order valence-electron chi connectivity index (χ3n) is 2.38. The summed E-state index contributed by atoms with van der Waals surface area (Å²) in [6.07, 6.45) is 0. The molecule has 16 heavy (non-hydrogen) atoms. The van der Waals surface area contributed by atoms with E-state index in [-0.39, 0.29) is 6.04 Å². The van der Waals surface area contributed by atoms with E-state index in [4.69, 9.17) is 11.6 Å². The number of halogens is 2. The number of hydrogen-bond donors (Lipinski definition) is 1. The number of hydrogen-bond acceptors (Lipinski definition) is 3. The molecule has 0 spiro atoms. The molecule has 0 saturated carbocycles. The van der Waals surface area contributed by atoms with Gasteiger partial charge in [0.15, 0.2) is 0 Å². The molecular weight excluding hydrogens is 326 g/mol. The summed E-state index contributed by atoms with van der Waals surface area (Å²) in [4.78, 5) is 2.45. The molecule has 0 aliphatic heterocycles. The first-order valence-corrected chi connectivity index (χ1v) is 7.71. The van der Waals surface area contributed by atoms with Gasteiger partial charge in [0.1, 0.15) is 0 Å². The van der Waals surface area contributed by atoms with E-state index in [1.54, 1.807) is 22.7 Å². The van der Waals surface area contributed by atoms with Crippen LogP contribution >= 0.6 is 50.2 Å². The lowest BCUT2D eigenvalue weighted by Gasteiger charge is -2.14. The van der Waals surface area contributed by atoms with E-state index >= 15 is 0 Å². The maximum Gasteiger partial charge on any atom is 0.0789 e. The molecule has 86 valence electrons. The molecule has 1 nitrogen and oxygen atoms in total. The van der Waals surface area contributed by atoms with Crippen molar-refractivity contribution in [3.05, 3.63) is 41.6 Å². The highest BCUT2D eigenvalue weighted by atomic mass is 79.9. The van der Waals surface area contributed by atoms with E-state index in [0.29, 0.717) is 0 Å². The van der Waals surface area contributed by atoms with Crippen molar-refractivity contribution >= 4 is 50.2 Å². The average Bonchev–Trinajstić information content (AvgIpc) is 2.81. The van der Waals surface area contributed by atoms with Crippen LogP contribution < -0.4 is 5.32 Å². The minimum absolute atomic E-state index is 0.181. The Morgan fingerprint density at radius 2 is 2.12 bits per heavy atom. The van der Waals surface area contributed by atoms with Gasteiger partial charge in [-0.25, -0.2) is 0 Å². The smallest absolute Gasteiger partial charge is 0.0789 e. The van der Waals surface area contributed by atoms with Crippen molar-refractivity contribution in [2.75, 3.05) is 7.05 Å². The minimum atomic E-state index is 0.181. The van der Waals surface area contributed by atoms with E-state index in [0.717, 1.165) is 15.1 Å². The highest BCUT2D eigenvalue weighted by Crippen LogP contribution is 2.39. The molecule has 0 saturated heterocycles. The molecule has 2 aromatic rings. The van der Waals surface area contributed by atoms with Crippen molar-refractivity contribution in [2.24, 2.45) is 0 Å². The predicted molar refractivity (Wildman–Crippen MR) is 77.0 cm³/mol. The zero-order chi connectivity index (χ0) is 11.7. The largest absolute Gasteiger partial charge is 0.308 e. The maximum atomic E-state index is 6.31. The summed E-state index contributed by atoms with van der Waals surface area (Å²) in [5.74, 6) is 0. The average molecular weight is 337 g/mol. The molecule has 0 radical (unpaired) electrons. The van der Waals surface area contributed by atoms with Crippen LogP contribution in [0.25, 0.3) is 0 Å². The van der Waals surface area contributed by atoms with Gasteiger partial charge in [-0.3, -0.25) is 0 Å². The highest BCUT2D eigenvalue weighted by molar-refractivity contribution is 9.10. The Morgan fingerprint density at radius 3 is 2.56 bits per heavy atom. The summed E-state index contributed by atoms with van der Waals surface area (Å²) in [7, 11) is 1.96. The normalized spacial score (nSPS) is 13.0. The van der Waals surface area contributed by atoms with Gasteiger partial charge < -0.3 is 5.32 Å². The van der Waals surface area contributed by atoms with Crippen molar-refractivity contribution < 1.29 is 0 Å². The lowest BCUT2D eigenvalue weighted by molar-refractivity contribution is 0.713. The Kier molecular flexibility index (Phi) is 4.08. The Balaban J connectivity index is 2.45. The van der Waals surface area contributed by atoms with E-state index < -0.39 is 0 Å². The number of thiophene rings is 2. The Hall–Kier alpha value is 0.130. The molecule has 5 heteroatoms. The summed E-state index contributed by atoms with van der Waals surface area (Å²) < 4.78 is 1.14. The molecule has 0 aromatic carbocycles. The van der Waals surface area contributed by atoms with E-state index in [2.05, 4.69) is 38.1 Å². The number of rotatable bonds is 3. The van der Waals surface area contributed by atoms with Gasteiger partial charge in [-0.15, -0.1) is 22.7 Å². The fourth-order valence-electron chi connectivity index (χ4n) is 1.54. The molecule has 1 unspecified atom stereocenters. The van der Waals surface area contributed by atoms with Gasteiger partial charge in [-0.1, -0.05) is 11.6 Å². The maximum absolute atomic E-state index is 6.31. The number of nitrogens with one attached hydrogen (secondary N) is 1. The van der Waals surface area contributed by atoms with Gasteiger partial charge in [-0.05, 0) is 52.3 Å². The van der Waals surface area contributed by atoms with Gasteiger partial charge in [0.05, 0.1) is 11.1 Å². The first kappa shape index (κ1) is 12.6. The second-order valence-electron chi connectivity index (χ2n) is 3.45. The molecule has 0 aliphatic carbocycles. The second kappa shape index (κ2) is 5.19. The molecule has 0 bridgehead atoms. The molecule has 1 atom stereocenters. The quantitative estimate of drug-likeness (QED) is 0.845. The highest BCUT2D eigenvalue weighted by Gasteiger charge is 2.21. The molecule has 2 rings (SSSR count). The van der Waals surface area contributed by atoms with Crippen LogP contribution in [0.4, 0.5) is 0 Å². The molecule has 0 fully saturated rings. The third kappa shape index (κ3) is 2.22. The molecule has 2 heterocycles. The van der Waals surface area contributed by atoms with Crippen molar-refractivity contribution in [3.8, 4) is 0 Å². The Morgan fingerprint density at radius 1 is 1.38 bits per heavy atom. The standard InChI is InChI=1S/C11H11BrClNS2/c1-6-5-16-11(8(6)13)9(14-2)10-7(12)3-4-15-10/h3-5,9,14H,1-2H3. The van der Waals surface area contributed by atoms with E-state index in [1.165, 1.54) is 9.75 Å². The molecule has 1 N–H and O–H groups in total. The van der Waals surface area contributed by atoms with E-state index in [9.17, 15) is 0 Å². The monoisotopic (exact) mass is 335 g/mol. The van der Waals surface area contributed by atoms with Crippen molar-refractivity contribution in [1.29, 1.82) is 0 Å². The molecule has 2 aromatic heterocycles. The molecular formula is C11H11BrClNS2. The van der Waals surface area contributed by atoms with Crippen molar-refractivity contribution in [3.63, 3.8) is 0 Å². The summed E-state index contributed by atoms with van der Waals surface area (Å²) in [5.41, 5.74) is 1.15. The Labute approximate surface area is 117 Å². The fraction of sp³-hybridized carbons (Fsp3) is 0.273. The first-order chi connectivity index (χ1) is 7.65. The molecule has 0 aliphatic rings. The SMILES string of the molecule is CNC(c1sccc1Br)c1scc(C)c1Cl. The zero-order valence-corrected chi connectivity index (χ0v) is 12.9. The van der Waals surface area contributed by atoms with Gasteiger partial charge >= 0.3 is 0 Å². The topological polar surface area (TPSA) is 12.0 Å². The Bertz CT molecular complexity index is 492. The lowest BCUT2D eigenvalue weighted by Crippen LogP contribution is -2.16. The van der Waals surface area contributed by atoms with Gasteiger partial charge in [0.2, 0.25) is 0 Å². The van der Waals surface area contributed by atoms with Gasteiger partial charge in [0.25, 0.3) is 0 Å². The summed E-state index contributed by atoms with van der Waals surface area (Å²) >= 11 is 13.3. The van der Waals surface area contributed by atoms with Crippen molar-refractivity contribution in [1.82, 2.24) is 5.32 Å². The number of aryl methyl sites for hydroxylation is 1. The van der Waals surface area contributed by atoms with Crippen LogP contribution in [0.5, 0.6) is 0 Å². The van der Waals surface area contributed by atoms with Gasteiger partial charge in [0, 0.05) is 14.2 Å². The van der Waals surface area contributed by atoms with Crippen LogP contribution in [0.1, 0.15) is 21.4 Å². The third-order valence-corrected chi connectivity index (χ3v) is 6.10. The van der Waals surface area contributed by atoms with Crippen LogP contribution in [0.15, 0.2) is 21.3 Å². The van der Waals surface area contributed by atoms with Crippen LogP contribution in [0.3, 0.4) is 0 Å². The molecule has 0 amide bonds. The second-order valence-corrected chi connectivity index (χ2v) is 6.54. The van der Waals surface area contributed by atoms with Crippen LogP contribution in [-0.4, -0.2) is 7.05 Å². The predicted octanol–water partition coefficient (Wildman–Crippen LogP) is 4.84. The van der Waals surface area contributed by atoms with Crippen LogP contribution in [0, 0.1) is 6.92 Å². The summed E-state index contributed by atoms with van der Waals surface area (Å²) in [6, 6.07) is 2.25.